The highest BCUT2D eigenvalue weighted by molar-refractivity contribution is 6.18. The van der Waals surface area contributed by atoms with Crippen LogP contribution in [0.15, 0.2) is 30.3 Å². The van der Waals surface area contributed by atoms with E-state index in [1.54, 1.807) is 0 Å². The van der Waals surface area contributed by atoms with E-state index in [-0.39, 0.29) is 17.4 Å². The van der Waals surface area contributed by atoms with Crippen LogP contribution in [0, 0.1) is 0 Å². The largest absolute Gasteiger partial charge is 0.381 e. The lowest BCUT2D eigenvalue weighted by molar-refractivity contribution is -0.125. The second-order valence-electron chi connectivity index (χ2n) is 5.39. The highest BCUT2D eigenvalue weighted by Crippen LogP contribution is 2.26. The molecular formula is C16H22ClNO2. The maximum absolute atomic E-state index is 12.6. The fourth-order valence-electron chi connectivity index (χ4n) is 2.66. The Kier molecular flexibility index (Phi) is 5.44. The topological polar surface area (TPSA) is 38.3 Å². The summed E-state index contributed by atoms with van der Waals surface area (Å²) in [4.78, 5) is 12.6. The summed E-state index contributed by atoms with van der Waals surface area (Å²) >= 11 is 6.10. The number of hydrogen-bond acceptors (Lipinski definition) is 2. The van der Waals surface area contributed by atoms with Gasteiger partial charge in [-0.25, -0.2) is 0 Å². The summed E-state index contributed by atoms with van der Waals surface area (Å²) in [6.45, 7) is 3.36. The fourth-order valence-corrected chi connectivity index (χ4v) is 2.99. The molecule has 3 nitrogen and oxygen atoms in total. The molecule has 0 spiro atoms. The highest BCUT2D eigenvalue weighted by atomic mass is 35.5. The number of benzene rings is 1. The lowest BCUT2D eigenvalue weighted by Gasteiger charge is -2.37. The van der Waals surface area contributed by atoms with Crippen molar-refractivity contribution in [1.82, 2.24) is 5.32 Å². The molecule has 0 bridgehead atoms. The minimum absolute atomic E-state index is 0.0706. The summed E-state index contributed by atoms with van der Waals surface area (Å²) in [6.07, 6.45) is 2.35. The van der Waals surface area contributed by atoms with Crippen molar-refractivity contribution in [3.8, 4) is 0 Å². The third kappa shape index (κ3) is 3.53. The van der Waals surface area contributed by atoms with Gasteiger partial charge in [0, 0.05) is 19.1 Å². The molecule has 1 heterocycles. The van der Waals surface area contributed by atoms with Gasteiger partial charge in [0.1, 0.15) is 0 Å². The monoisotopic (exact) mass is 295 g/mol. The Balaban J connectivity index is 2.09. The van der Waals surface area contributed by atoms with Crippen molar-refractivity contribution in [3.63, 3.8) is 0 Å². The van der Waals surface area contributed by atoms with Crippen molar-refractivity contribution in [3.05, 3.63) is 35.9 Å². The van der Waals surface area contributed by atoms with E-state index in [4.69, 9.17) is 16.3 Å². The molecule has 4 heteroatoms. The number of ether oxygens (including phenoxy) is 1. The first-order valence-corrected chi connectivity index (χ1v) is 7.75. The number of carbonyl (C=O) groups is 1. The maximum Gasteiger partial charge on any atom is 0.228 e. The molecular weight excluding hydrogens is 274 g/mol. The van der Waals surface area contributed by atoms with Gasteiger partial charge < -0.3 is 10.1 Å². The Bertz CT molecular complexity index is 429. The number of alkyl halides is 1. The van der Waals surface area contributed by atoms with Crippen molar-refractivity contribution in [2.45, 2.75) is 37.6 Å². The van der Waals surface area contributed by atoms with Gasteiger partial charge in [0.25, 0.3) is 0 Å². The summed E-state index contributed by atoms with van der Waals surface area (Å²) < 4.78 is 5.37. The molecule has 1 amide bonds. The van der Waals surface area contributed by atoms with E-state index in [1.165, 1.54) is 0 Å². The van der Waals surface area contributed by atoms with Gasteiger partial charge in [0.05, 0.1) is 11.5 Å². The molecule has 0 aromatic heterocycles. The third-order valence-corrected chi connectivity index (χ3v) is 4.53. The first-order valence-electron chi connectivity index (χ1n) is 7.21. The Morgan fingerprint density at radius 2 is 2.00 bits per heavy atom. The standard InChI is InChI=1S/C16H22ClNO2/c1-2-14(13-6-4-3-5-7-13)15(19)18-16(12-17)8-10-20-11-9-16/h3-7,14H,2,8-12H2,1H3,(H,18,19). The van der Waals surface area contributed by atoms with E-state index in [9.17, 15) is 4.79 Å². The maximum atomic E-state index is 12.6. The van der Waals surface area contributed by atoms with Crippen LogP contribution in [-0.4, -0.2) is 30.5 Å². The molecule has 1 atom stereocenters. The van der Waals surface area contributed by atoms with Gasteiger partial charge in [-0.05, 0) is 24.8 Å². The zero-order chi connectivity index (χ0) is 14.4. The first kappa shape index (κ1) is 15.3. The van der Waals surface area contributed by atoms with E-state index in [2.05, 4.69) is 5.32 Å². The number of rotatable bonds is 5. The lowest BCUT2D eigenvalue weighted by Crippen LogP contribution is -2.54. The zero-order valence-corrected chi connectivity index (χ0v) is 12.7. The zero-order valence-electron chi connectivity index (χ0n) is 11.9. The summed E-state index contributed by atoms with van der Waals surface area (Å²) in [6, 6.07) is 9.91. The van der Waals surface area contributed by atoms with Crippen LogP contribution in [0.1, 0.15) is 37.7 Å². The highest BCUT2D eigenvalue weighted by Gasteiger charge is 2.35. The minimum atomic E-state index is -0.306. The summed E-state index contributed by atoms with van der Waals surface area (Å²) in [7, 11) is 0. The quantitative estimate of drug-likeness (QED) is 0.848. The lowest BCUT2D eigenvalue weighted by atomic mass is 9.89. The Hall–Kier alpha value is -1.06. The van der Waals surface area contributed by atoms with Crippen molar-refractivity contribution in [1.29, 1.82) is 0 Å². The average molecular weight is 296 g/mol. The summed E-state index contributed by atoms with van der Waals surface area (Å²) in [5.41, 5.74) is 0.753. The molecule has 0 saturated carbocycles. The molecule has 0 radical (unpaired) electrons. The molecule has 1 aliphatic rings. The van der Waals surface area contributed by atoms with E-state index < -0.39 is 0 Å². The number of amides is 1. The molecule has 1 fully saturated rings. The van der Waals surface area contributed by atoms with Crippen LogP contribution in [0.2, 0.25) is 0 Å². The predicted octanol–water partition coefficient (Wildman–Crippen LogP) is 3.08. The molecule has 110 valence electrons. The molecule has 1 saturated heterocycles. The van der Waals surface area contributed by atoms with Crippen LogP contribution >= 0.6 is 11.6 Å². The Morgan fingerprint density at radius 1 is 1.35 bits per heavy atom. The van der Waals surface area contributed by atoms with Gasteiger partial charge in [0.15, 0.2) is 0 Å². The molecule has 20 heavy (non-hydrogen) atoms. The van der Waals surface area contributed by atoms with Crippen LogP contribution in [0.4, 0.5) is 0 Å². The number of halogens is 1. The second-order valence-corrected chi connectivity index (χ2v) is 5.65. The average Bonchev–Trinajstić information content (AvgIpc) is 2.50. The van der Waals surface area contributed by atoms with Gasteiger partial charge in [-0.2, -0.15) is 0 Å². The van der Waals surface area contributed by atoms with Crippen molar-refractivity contribution >= 4 is 17.5 Å². The predicted molar refractivity (Wildman–Crippen MR) is 81.1 cm³/mol. The SMILES string of the molecule is CCC(C(=O)NC1(CCl)CCOCC1)c1ccccc1. The van der Waals surface area contributed by atoms with Crippen molar-refractivity contribution in [2.75, 3.05) is 19.1 Å². The van der Waals surface area contributed by atoms with Crippen LogP contribution in [0.3, 0.4) is 0 Å². The van der Waals surface area contributed by atoms with E-state index in [0.29, 0.717) is 19.1 Å². The smallest absolute Gasteiger partial charge is 0.228 e. The molecule has 0 aliphatic carbocycles. The van der Waals surface area contributed by atoms with Gasteiger partial charge in [-0.15, -0.1) is 11.6 Å². The molecule has 1 aliphatic heterocycles. The number of hydrogen-bond donors (Lipinski definition) is 1. The van der Waals surface area contributed by atoms with E-state index in [1.807, 2.05) is 37.3 Å². The van der Waals surface area contributed by atoms with Gasteiger partial charge >= 0.3 is 0 Å². The van der Waals surface area contributed by atoms with Gasteiger partial charge in [-0.1, -0.05) is 37.3 Å². The van der Waals surface area contributed by atoms with E-state index in [0.717, 1.165) is 24.8 Å². The first-order chi connectivity index (χ1) is 9.71. The summed E-state index contributed by atoms with van der Waals surface area (Å²) in [5, 5.41) is 3.18. The molecule has 1 aromatic carbocycles. The second kappa shape index (κ2) is 7.09. The third-order valence-electron chi connectivity index (χ3n) is 4.02. The van der Waals surface area contributed by atoms with Gasteiger partial charge in [0.2, 0.25) is 5.91 Å². The van der Waals surface area contributed by atoms with E-state index >= 15 is 0 Å². The molecule has 1 N–H and O–H groups in total. The van der Waals surface area contributed by atoms with Crippen molar-refractivity contribution < 1.29 is 9.53 Å². The minimum Gasteiger partial charge on any atom is -0.381 e. The number of nitrogens with one attached hydrogen (secondary N) is 1. The van der Waals surface area contributed by atoms with Crippen molar-refractivity contribution in [2.24, 2.45) is 0 Å². The Labute approximate surface area is 125 Å². The van der Waals surface area contributed by atoms with Crippen LogP contribution in [0.5, 0.6) is 0 Å². The number of carbonyl (C=O) groups excluding carboxylic acids is 1. The fraction of sp³-hybridized carbons (Fsp3) is 0.562. The van der Waals surface area contributed by atoms with Crippen LogP contribution < -0.4 is 5.32 Å². The normalized spacial score (nSPS) is 19.3. The molecule has 2 rings (SSSR count). The van der Waals surface area contributed by atoms with Gasteiger partial charge in [-0.3, -0.25) is 4.79 Å². The summed E-state index contributed by atoms with van der Waals surface area (Å²) in [5.74, 6) is 0.397. The Morgan fingerprint density at radius 3 is 2.55 bits per heavy atom. The molecule has 1 unspecified atom stereocenters. The van der Waals surface area contributed by atoms with Crippen LogP contribution in [0.25, 0.3) is 0 Å². The van der Waals surface area contributed by atoms with Crippen LogP contribution in [-0.2, 0) is 9.53 Å². The molecule has 1 aromatic rings.